The summed E-state index contributed by atoms with van der Waals surface area (Å²) in [5.41, 5.74) is 1.36. The van der Waals surface area contributed by atoms with Crippen LogP contribution in [0, 0.1) is 17.8 Å². The molecule has 0 radical (unpaired) electrons. The summed E-state index contributed by atoms with van der Waals surface area (Å²) in [6.07, 6.45) is 0. The van der Waals surface area contributed by atoms with Crippen LogP contribution in [0.5, 0.6) is 0 Å². The summed E-state index contributed by atoms with van der Waals surface area (Å²) < 4.78 is 5.39. The highest BCUT2D eigenvalue weighted by molar-refractivity contribution is 5.94. The summed E-state index contributed by atoms with van der Waals surface area (Å²) in [4.78, 5) is 11.8. The third-order valence-corrected chi connectivity index (χ3v) is 2.44. The quantitative estimate of drug-likeness (QED) is 0.610. The lowest BCUT2D eigenvalue weighted by Gasteiger charge is -2.08. The normalized spacial score (nSPS) is 10.0. The predicted molar refractivity (Wildman–Crippen MR) is 78.4 cm³/mol. The summed E-state index contributed by atoms with van der Waals surface area (Å²) in [6, 6.07) is 6.94. The van der Waals surface area contributed by atoms with Crippen molar-refractivity contribution in [2.24, 2.45) is 5.92 Å². The SMILES string of the molecule is CC(C)COCCNC(=O)c1ccc(C#CCO)cc1. The largest absolute Gasteiger partial charge is 0.384 e. The molecular weight excluding hydrogens is 254 g/mol. The first-order chi connectivity index (χ1) is 9.63. The number of aliphatic hydroxyl groups is 1. The molecule has 0 aliphatic rings. The number of benzene rings is 1. The lowest BCUT2D eigenvalue weighted by molar-refractivity contribution is 0.0886. The van der Waals surface area contributed by atoms with Crippen LogP contribution < -0.4 is 5.32 Å². The van der Waals surface area contributed by atoms with Gasteiger partial charge in [0.1, 0.15) is 6.61 Å². The topological polar surface area (TPSA) is 58.6 Å². The van der Waals surface area contributed by atoms with E-state index in [-0.39, 0.29) is 12.5 Å². The van der Waals surface area contributed by atoms with Crippen LogP contribution >= 0.6 is 0 Å². The van der Waals surface area contributed by atoms with Gasteiger partial charge in [-0.15, -0.1) is 0 Å². The van der Waals surface area contributed by atoms with Crippen LogP contribution in [0.3, 0.4) is 0 Å². The van der Waals surface area contributed by atoms with E-state index in [1.165, 1.54) is 0 Å². The number of hydrogen-bond donors (Lipinski definition) is 2. The summed E-state index contributed by atoms with van der Waals surface area (Å²) in [6.45, 7) is 5.72. The molecule has 0 spiro atoms. The van der Waals surface area contributed by atoms with Crippen LogP contribution in [0.1, 0.15) is 29.8 Å². The van der Waals surface area contributed by atoms with E-state index < -0.39 is 0 Å². The highest BCUT2D eigenvalue weighted by Crippen LogP contribution is 2.03. The Morgan fingerprint density at radius 3 is 2.65 bits per heavy atom. The average molecular weight is 275 g/mol. The molecule has 0 atom stereocenters. The monoisotopic (exact) mass is 275 g/mol. The lowest BCUT2D eigenvalue weighted by Crippen LogP contribution is -2.27. The molecule has 1 aromatic carbocycles. The molecule has 0 unspecified atom stereocenters. The van der Waals surface area contributed by atoms with Crippen LogP contribution in [0.25, 0.3) is 0 Å². The maximum absolute atomic E-state index is 11.8. The molecule has 20 heavy (non-hydrogen) atoms. The van der Waals surface area contributed by atoms with Crippen molar-refractivity contribution in [3.05, 3.63) is 35.4 Å². The number of ether oxygens (including phenoxy) is 1. The lowest BCUT2D eigenvalue weighted by atomic mass is 10.1. The van der Waals surface area contributed by atoms with E-state index in [0.29, 0.717) is 31.2 Å². The van der Waals surface area contributed by atoms with Crippen LogP contribution in [-0.4, -0.2) is 37.4 Å². The minimum absolute atomic E-state index is 0.125. The standard InChI is InChI=1S/C16H21NO3/c1-13(2)12-20-11-9-17-16(19)15-7-5-14(6-8-15)4-3-10-18/h5-8,13,18H,9-12H2,1-2H3,(H,17,19). The molecule has 0 aliphatic heterocycles. The van der Waals surface area contributed by atoms with Gasteiger partial charge in [0.2, 0.25) is 0 Å². The van der Waals surface area contributed by atoms with Crippen molar-refractivity contribution < 1.29 is 14.6 Å². The minimum Gasteiger partial charge on any atom is -0.384 e. The van der Waals surface area contributed by atoms with Gasteiger partial charge in [-0.2, -0.15) is 0 Å². The molecule has 4 heteroatoms. The Hall–Kier alpha value is -1.83. The van der Waals surface area contributed by atoms with Crippen LogP contribution in [0.4, 0.5) is 0 Å². The van der Waals surface area contributed by atoms with Crippen LogP contribution in [0.2, 0.25) is 0 Å². The van der Waals surface area contributed by atoms with Gasteiger partial charge in [-0.25, -0.2) is 0 Å². The second-order valence-electron chi connectivity index (χ2n) is 4.76. The summed E-state index contributed by atoms with van der Waals surface area (Å²) in [5, 5.41) is 11.4. The van der Waals surface area contributed by atoms with E-state index in [0.717, 1.165) is 5.56 Å². The molecule has 0 saturated heterocycles. The molecule has 2 N–H and O–H groups in total. The number of carbonyl (C=O) groups is 1. The highest BCUT2D eigenvalue weighted by atomic mass is 16.5. The zero-order valence-corrected chi connectivity index (χ0v) is 12.0. The summed E-state index contributed by atoms with van der Waals surface area (Å²) >= 11 is 0. The van der Waals surface area contributed by atoms with E-state index in [9.17, 15) is 4.79 Å². The van der Waals surface area contributed by atoms with E-state index in [1.54, 1.807) is 24.3 Å². The smallest absolute Gasteiger partial charge is 0.251 e. The maximum atomic E-state index is 11.8. The van der Waals surface area contributed by atoms with Gasteiger partial charge in [-0.1, -0.05) is 25.7 Å². The number of rotatable bonds is 6. The fourth-order valence-electron chi connectivity index (χ4n) is 1.50. The number of nitrogens with one attached hydrogen (secondary N) is 1. The fraction of sp³-hybridized carbons (Fsp3) is 0.438. The van der Waals surface area contributed by atoms with E-state index in [1.807, 2.05) is 0 Å². The molecule has 0 aromatic heterocycles. The third kappa shape index (κ3) is 6.37. The zero-order chi connectivity index (χ0) is 14.8. The predicted octanol–water partition coefficient (Wildman–Crippen LogP) is 1.43. The average Bonchev–Trinajstić information content (AvgIpc) is 2.44. The van der Waals surface area contributed by atoms with Gasteiger partial charge in [-0.3, -0.25) is 4.79 Å². The Balaban J connectivity index is 2.36. The van der Waals surface area contributed by atoms with Crippen molar-refractivity contribution >= 4 is 5.91 Å². The molecule has 108 valence electrons. The van der Waals surface area contributed by atoms with Crippen molar-refractivity contribution in [1.82, 2.24) is 5.32 Å². The first-order valence-electron chi connectivity index (χ1n) is 6.69. The van der Waals surface area contributed by atoms with Crippen molar-refractivity contribution in [1.29, 1.82) is 0 Å². The zero-order valence-electron chi connectivity index (χ0n) is 12.0. The maximum Gasteiger partial charge on any atom is 0.251 e. The van der Waals surface area contributed by atoms with E-state index >= 15 is 0 Å². The summed E-state index contributed by atoms with van der Waals surface area (Å²) in [5.74, 6) is 5.71. The van der Waals surface area contributed by atoms with Gasteiger partial charge in [0, 0.05) is 24.3 Å². The molecule has 1 rings (SSSR count). The first kappa shape index (κ1) is 16.2. The Labute approximate surface area is 120 Å². The molecule has 0 fully saturated rings. The third-order valence-electron chi connectivity index (χ3n) is 2.44. The van der Waals surface area contributed by atoms with Gasteiger partial charge in [-0.05, 0) is 30.2 Å². The van der Waals surface area contributed by atoms with Gasteiger partial charge < -0.3 is 15.2 Å². The Kier molecular flexibility index (Phi) is 7.41. The van der Waals surface area contributed by atoms with Gasteiger partial charge in [0.05, 0.1) is 6.61 Å². The first-order valence-corrected chi connectivity index (χ1v) is 6.69. The second kappa shape index (κ2) is 9.13. The van der Waals surface area contributed by atoms with Gasteiger partial charge in [0.15, 0.2) is 0 Å². The summed E-state index contributed by atoms with van der Waals surface area (Å²) in [7, 11) is 0. The molecule has 1 aromatic rings. The number of carbonyl (C=O) groups excluding carboxylic acids is 1. The van der Waals surface area contributed by atoms with Crippen molar-refractivity contribution in [2.75, 3.05) is 26.4 Å². The molecule has 1 amide bonds. The Morgan fingerprint density at radius 1 is 1.35 bits per heavy atom. The molecule has 0 saturated carbocycles. The number of hydrogen-bond acceptors (Lipinski definition) is 3. The van der Waals surface area contributed by atoms with Gasteiger partial charge >= 0.3 is 0 Å². The second-order valence-corrected chi connectivity index (χ2v) is 4.76. The minimum atomic E-state index is -0.168. The molecule has 0 aliphatic carbocycles. The van der Waals surface area contributed by atoms with Gasteiger partial charge in [0.25, 0.3) is 5.91 Å². The molecule has 0 bridgehead atoms. The van der Waals surface area contributed by atoms with Crippen molar-refractivity contribution in [3.8, 4) is 11.8 Å². The molecular formula is C16H21NO3. The van der Waals surface area contributed by atoms with Crippen LogP contribution in [-0.2, 0) is 4.74 Å². The van der Waals surface area contributed by atoms with Crippen molar-refractivity contribution in [3.63, 3.8) is 0 Å². The molecule has 4 nitrogen and oxygen atoms in total. The van der Waals surface area contributed by atoms with Crippen LogP contribution in [0.15, 0.2) is 24.3 Å². The van der Waals surface area contributed by atoms with E-state index in [4.69, 9.17) is 9.84 Å². The fourth-order valence-corrected chi connectivity index (χ4v) is 1.50. The van der Waals surface area contributed by atoms with E-state index in [2.05, 4.69) is 31.0 Å². The highest BCUT2D eigenvalue weighted by Gasteiger charge is 2.04. The Morgan fingerprint density at radius 2 is 2.05 bits per heavy atom. The number of amides is 1. The number of aliphatic hydroxyl groups excluding tert-OH is 1. The van der Waals surface area contributed by atoms with Crippen molar-refractivity contribution in [2.45, 2.75) is 13.8 Å². The Bertz CT molecular complexity index is 469. The molecule has 0 heterocycles.